The molecule has 0 spiro atoms. The third-order valence-electron chi connectivity index (χ3n) is 2.38. The predicted molar refractivity (Wildman–Crippen MR) is 63.3 cm³/mol. The first kappa shape index (κ1) is 14.0. The number of rotatable bonds is 8. The van der Waals surface area contributed by atoms with Gasteiger partial charge in [0.05, 0.1) is 0 Å². The second-order valence-electron chi connectivity index (χ2n) is 4.30. The molecule has 0 N–H and O–H groups in total. The van der Waals surface area contributed by atoms with Gasteiger partial charge in [0.2, 0.25) is 0 Å². The molecule has 0 amide bonds. The Labute approximate surface area is 89.8 Å². The van der Waals surface area contributed by atoms with Crippen LogP contribution in [0.4, 0.5) is 0 Å². The zero-order valence-electron chi connectivity index (χ0n) is 9.59. The molecular formula is C12H23OP. The van der Waals surface area contributed by atoms with Gasteiger partial charge < -0.3 is 0 Å². The summed E-state index contributed by atoms with van der Waals surface area (Å²) in [5.41, 5.74) is 2.78. The van der Waals surface area contributed by atoms with E-state index in [0.717, 1.165) is 18.8 Å². The van der Waals surface area contributed by atoms with Gasteiger partial charge in [0.25, 0.3) is 0 Å². The van der Waals surface area contributed by atoms with Gasteiger partial charge in [0.15, 0.2) is 0 Å². The van der Waals surface area contributed by atoms with Crippen LogP contribution in [0.25, 0.3) is 0 Å². The van der Waals surface area contributed by atoms with Gasteiger partial charge in [0.1, 0.15) is 0 Å². The fourth-order valence-electron chi connectivity index (χ4n) is 1.51. The Bertz CT molecular complexity index is 203. The standard InChI is InChI=1S/C12H23OP/c1-12(2)10-8-6-4-3-5-7-9-11-14-13/h12H,3-10H2,1-2H3. The third kappa shape index (κ3) is 12.0. The van der Waals surface area contributed by atoms with E-state index >= 15 is 0 Å². The van der Waals surface area contributed by atoms with Crippen LogP contribution in [0.15, 0.2) is 0 Å². The Morgan fingerprint density at radius 2 is 1.57 bits per heavy atom. The molecule has 0 saturated carbocycles. The average Bonchev–Trinajstić information content (AvgIpc) is 2.15. The SMILES string of the molecule is CC(C)CCCCCCCCC#P=O. The Morgan fingerprint density at radius 1 is 1.00 bits per heavy atom. The van der Waals surface area contributed by atoms with Crippen LogP contribution in [-0.4, -0.2) is 0 Å². The Hall–Kier alpha value is 0.01000. The van der Waals surface area contributed by atoms with Crippen molar-refractivity contribution in [2.45, 2.75) is 65.2 Å². The van der Waals surface area contributed by atoms with Gasteiger partial charge in [-0.05, 0) is 0 Å². The van der Waals surface area contributed by atoms with Crippen molar-refractivity contribution in [3.05, 3.63) is 0 Å². The summed E-state index contributed by atoms with van der Waals surface area (Å²) in [6, 6.07) is 0. The molecule has 82 valence electrons. The van der Waals surface area contributed by atoms with E-state index < -0.39 is 0 Å². The fourth-order valence-corrected chi connectivity index (χ4v) is 1.76. The molecule has 14 heavy (non-hydrogen) atoms. The van der Waals surface area contributed by atoms with Crippen molar-refractivity contribution < 1.29 is 4.57 Å². The Kier molecular flexibility index (Phi) is 11.1. The van der Waals surface area contributed by atoms with Crippen LogP contribution in [0.3, 0.4) is 0 Å². The fraction of sp³-hybridized carbons (Fsp3) is 0.917. The van der Waals surface area contributed by atoms with Crippen LogP contribution in [0.1, 0.15) is 65.2 Å². The zero-order valence-corrected chi connectivity index (χ0v) is 10.5. The van der Waals surface area contributed by atoms with Gasteiger partial charge in [-0.25, -0.2) is 0 Å². The van der Waals surface area contributed by atoms with Crippen molar-refractivity contribution in [1.29, 1.82) is 0 Å². The minimum absolute atomic E-state index is 0.0719. The summed E-state index contributed by atoms with van der Waals surface area (Å²) in [7, 11) is 0.0719. The van der Waals surface area contributed by atoms with Crippen LogP contribution in [0.5, 0.6) is 0 Å². The van der Waals surface area contributed by atoms with E-state index in [1.54, 1.807) is 0 Å². The quantitative estimate of drug-likeness (QED) is 0.410. The first-order chi connectivity index (χ1) is 6.77. The second-order valence-corrected chi connectivity index (χ2v) is 4.80. The van der Waals surface area contributed by atoms with Crippen molar-refractivity contribution in [2.24, 2.45) is 5.92 Å². The Morgan fingerprint density at radius 3 is 2.14 bits per heavy atom. The van der Waals surface area contributed by atoms with Crippen molar-refractivity contribution in [1.82, 2.24) is 0 Å². The molecule has 0 heterocycles. The third-order valence-corrected chi connectivity index (χ3v) is 2.74. The van der Waals surface area contributed by atoms with Crippen LogP contribution in [0, 0.1) is 11.5 Å². The van der Waals surface area contributed by atoms with E-state index in [1.807, 2.05) is 0 Å². The minimum atomic E-state index is 0.0719. The zero-order chi connectivity index (χ0) is 10.6. The average molecular weight is 214 g/mol. The number of unbranched alkanes of at least 4 members (excludes halogenated alkanes) is 6. The van der Waals surface area contributed by atoms with Crippen molar-refractivity contribution in [2.75, 3.05) is 0 Å². The molecule has 0 rings (SSSR count). The maximum absolute atomic E-state index is 10.0. The second kappa shape index (κ2) is 11.1. The van der Waals surface area contributed by atoms with Crippen molar-refractivity contribution in [3.8, 4) is 5.63 Å². The van der Waals surface area contributed by atoms with Gasteiger partial charge in [-0.1, -0.05) is 0 Å². The summed E-state index contributed by atoms with van der Waals surface area (Å²) >= 11 is 0. The molecule has 0 radical (unpaired) electrons. The molecule has 0 fully saturated rings. The van der Waals surface area contributed by atoms with Gasteiger partial charge in [-0.3, -0.25) is 0 Å². The van der Waals surface area contributed by atoms with Crippen LogP contribution >= 0.6 is 7.92 Å². The molecule has 0 unspecified atom stereocenters. The molecule has 0 aliphatic rings. The summed E-state index contributed by atoms with van der Waals surface area (Å²) < 4.78 is 10.0. The normalized spacial score (nSPS) is 10.2. The molecule has 0 aliphatic carbocycles. The van der Waals surface area contributed by atoms with Gasteiger partial charge >= 0.3 is 89.2 Å². The van der Waals surface area contributed by atoms with Crippen LogP contribution < -0.4 is 0 Å². The summed E-state index contributed by atoms with van der Waals surface area (Å²) in [6.45, 7) is 4.57. The van der Waals surface area contributed by atoms with E-state index in [0.29, 0.717) is 0 Å². The summed E-state index contributed by atoms with van der Waals surface area (Å²) in [5, 5.41) is 0. The summed E-state index contributed by atoms with van der Waals surface area (Å²) in [6.07, 6.45) is 10.1. The molecule has 0 aromatic rings. The van der Waals surface area contributed by atoms with E-state index in [1.165, 1.54) is 38.5 Å². The first-order valence-corrected chi connectivity index (χ1v) is 6.64. The van der Waals surface area contributed by atoms with Crippen LogP contribution in [-0.2, 0) is 4.57 Å². The van der Waals surface area contributed by atoms with Crippen molar-refractivity contribution >= 4 is 7.92 Å². The monoisotopic (exact) mass is 214 g/mol. The molecule has 1 nitrogen and oxygen atoms in total. The predicted octanol–water partition coefficient (Wildman–Crippen LogP) is 5.01. The van der Waals surface area contributed by atoms with E-state index in [2.05, 4.69) is 19.5 Å². The van der Waals surface area contributed by atoms with Crippen LogP contribution in [0.2, 0.25) is 0 Å². The summed E-state index contributed by atoms with van der Waals surface area (Å²) in [4.78, 5) is 0. The number of hydrogen-bond acceptors (Lipinski definition) is 1. The molecule has 2 heteroatoms. The first-order valence-electron chi connectivity index (χ1n) is 5.82. The Balaban J connectivity index is 2.98. The van der Waals surface area contributed by atoms with E-state index in [-0.39, 0.29) is 7.92 Å². The van der Waals surface area contributed by atoms with Crippen molar-refractivity contribution in [3.63, 3.8) is 0 Å². The molecule has 0 bridgehead atoms. The molecule has 0 aromatic carbocycles. The van der Waals surface area contributed by atoms with E-state index in [9.17, 15) is 4.57 Å². The summed E-state index contributed by atoms with van der Waals surface area (Å²) in [5.74, 6) is 0.857. The van der Waals surface area contributed by atoms with Gasteiger partial charge in [0, 0.05) is 0 Å². The maximum atomic E-state index is 10.0. The van der Waals surface area contributed by atoms with Gasteiger partial charge in [-0.2, -0.15) is 0 Å². The van der Waals surface area contributed by atoms with E-state index in [4.69, 9.17) is 0 Å². The molecule has 0 aliphatic heterocycles. The molecule has 0 saturated heterocycles. The number of hydrogen-bond donors (Lipinski definition) is 0. The topological polar surface area (TPSA) is 17.1 Å². The molecule has 0 atom stereocenters. The molecular weight excluding hydrogens is 191 g/mol. The molecule has 0 aromatic heterocycles. The van der Waals surface area contributed by atoms with Gasteiger partial charge in [-0.15, -0.1) is 0 Å².